The van der Waals surface area contributed by atoms with Crippen LogP contribution in [-0.4, -0.2) is 74.0 Å². The summed E-state index contributed by atoms with van der Waals surface area (Å²) >= 11 is 0. The van der Waals surface area contributed by atoms with Gasteiger partial charge in [-0.1, -0.05) is 13.3 Å². The zero-order chi connectivity index (χ0) is 23.1. The van der Waals surface area contributed by atoms with Crippen LogP contribution in [0.5, 0.6) is 0 Å². The lowest BCUT2D eigenvalue weighted by molar-refractivity contribution is -0.185. The molecule has 1 spiro atoms. The number of ether oxygens (including phenoxy) is 4. The van der Waals surface area contributed by atoms with E-state index in [9.17, 15) is 14.4 Å². The minimum atomic E-state index is -0.618. The molecule has 0 aromatic rings. The quantitative estimate of drug-likeness (QED) is 0.438. The standard InChI is InChI=1S/C25H37NO7/c1-2-24(6-4-3-5-7-24)33-22(28)20-18-14-17(15-25(18)8-11-31-23(25)29)21(20)32-19(27)16-26-9-12-30-13-10-26/h17-18,20-21H,2-16H2,1H3. The third-order valence-corrected chi connectivity index (χ3v) is 9.06. The van der Waals surface area contributed by atoms with Gasteiger partial charge in [0.15, 0.2) is 0 Å². The Morgan fingerprint density at radius 2 is 1.85 bits per heavy atom. The van der Waals surface area contributed by atoms with Crippen LogP contribution in [0.2, 0.25) is 0 Å². The van der Waals surface area contributed by atoms with Crippen molar-refractivity contribution in [3.05, 3.63) is 0 Å². The Morgan fingerprint density at radius 3 is 2.52 bits per heavy atom. The third-order valence-electron chi connectivity index (χ3n) is 9.06. The summed E-state index contributed by atoms with van der Waals surface area (Å²) in [4.78, 5) is 41.3. The Balaban J connectivity index is 1.34. The first-order valence-electron chi connectivity index (χ1n) is 12.9. The van der Waals surface area contributed by atoms with Crippen molar-refractivity contribution >= 4 is 17.9 Å². The maximum absolute atomic E-state index is 13.7. The molecule has 3 saturated carbocycles. The Morgan fingerprint density at radius 1 is 1.09 bits per heavy atom. The lowest BCUT2D eigenvalue weighted by Gasteiger charge is -2.42. The summed E-state index contributed by atoms with van der Waals surface area (Å²) in [5, 5.41) is 0. The molecule has 8 heteroatoms. The normalized spacial score (nSPS) is 37.8. The van der Waals surface area contributed by atoms with Gasteiger partial charge in [-0.3, -0.25) is 19.3 Å². The van der Waals surface area contributed by atoms with E-state index in [-0.39, 0.29) is 36.3 Å². The van der Waals surface area contributed by atoms with Crippen molar-refractivity contribution in [2.45, 2.75) is 76.4 Å². The van der Waals surface area contributed by atoms with E-state index < -0.39 is 23.0 Å². The molecule has 5 atom stereocenters. The topological polar surface area (TPSA) is 91.4 Å². The van der Waals surface area contributed by atoms with Crippen molar-refractivity contribution in [3.63, 3.8) is 0 Å². The van der Waals surface area contributed by atoms with Gasteiger partial charge in [-0.25, -0.2) is 0 Å². The number of carbonyl (C=O) groups excluding carboxylic acids is 3. The number of fused-ring (bicyclic) bond motifs is 3. The number of morpholine rings is 1. The Kier molecular flexibility index (Phi) is 6.42. The number of esters is 3. The van der Waals surface area contributed by atoms with Gasteiger partial charge in [-0.2, -0.15) is 0 Å². The molecule has 0 amide bonds. The van der Waals surface area contributed by atoms with Crippen molar-refractivity contribution in [2.24, 2.45) is 23.2 Å². The number of rotatable bonds is 6. The number of hydrogen-bond acceptors (Lipinski definition) is 8. The van der Waals surface area contributed by atoms with Gasteiger partial charge < -0.3 is 18.9 Å². The van der Waals surface area contributed by atoms with Crippen LogP contribution < -0.4 is 0 Å². The predicted molar refractivity (Wildman–Crippen MR) is 117 cm³/mol. The molecule has 3 aliphatic carbocycles. The van der Waals surface area contributed by atoms with Crippen LogP contribution in [-0.2, 0) is 33.3 Å². The van der Waals surface area contributed by atoms with Crippen molar-refractivity contribution in [1.82, 2.24) is 4.90 Å². The maximum atomic E-state index is 13.7. The van der Waals surface area contributed by atoms with Crippen LogP contribution >= 0.6 is 0 Å². The Hall–Kier alpha value is -1.67. The molecule has 5 rings (SSSR count). The summed E-state index contributed by atoms with van der Waals surface area (Å²) in [5.41, 5.74) is -1.05. The van der Waals surface area contributed by atoms with E-state index in [4.69, 9.17) is 18.9 Å². The number of hydrogen-bond donors (Lipinski definition) is 0. The average Bonchev–Trinajstić information content (AvgIpc) is 3.48. The van der Waals surface area contributed by atoms with Gasteiger partial charge in [0, 0.05) is 13.1 Å². The minimum Gasteiger partial charge on any atom is -0.465 e. The highest BCUT2D eigenvalue weighted by molar-refractivity contribution is 5.83. The molecule has 184 valence electrons. The highest BCUT2D eigenvalue weighted by atomic mass is 16.6. The lowest BCUT2D eigenvalue weighted by Crippen LogP contribution is -2.50. The molecular formula is C25H37NO7. The molecular weight excluding hydrogens is 426 g/mol. The smallest absolute Gasteiger partial charge is 0.320 e. The van der Waals surface area contributed by atoms with Gasteiger partial charge in [0.1, 0.15) is 11.7 Å². The van der Waals surface area contributed by atoms with E-state index in [1.165, 1.54) is 6.42 Å². The third kappa shape index (κ3) is 4.18. The van der Waals surface area contributed by atoms with E-state index in [2.05, 4.69) is 6.92 Å². The summed E-state index contributed by atoms with van der Waals surface area (Å²) in [5.74, 6) is -1.55. The predicted octanol–water partition coefficient (Wildman–Crippen LogP) is 2.48. The summed E-state index contributed by atoms with van der Waals surface area (Å²) in [6.07, 6.45) is 7.31. The molecule has 5 fully saturated rings. The van der Waals surface area contributed by atoms with Gasteiger partial charge in [0.05, 0.1) is 37.7 Å². The zero-order valence-corrected chi connectivity index (χ0v) is 19.7. The second-order valence-electron chi connectivity index (χ2n) is 10.7. The molecule has 0 aromatic heterocycles. The molecule has 0 radical (unpaired) electrons. The summed E-state index contributed by atoms with van der Waals surface area (Å²) in [6.45, 7) is 5.31. The lowest BCUT2D eigenvalue weighted by atomic mass is 9.66. The molecule has 5 unspecified atom stereocenters. The number of cyclic esters (lactones) is 1. The minimum absolute atomic E-state index is 0.00392. The van der Waals surface area contributed by atoms with E-state index in [1.54, 1.807) is 0 Å². The van der Waals surface area contributed by atoms with Gasteiger partial charge in [-0.15, -0.1) is 0 Å². The van der Waals surface area contributed by atoms with Gasteiger partial charge in [-0.05, 0) is 63.2 Å². The summed E-state index contributed by atoms with van der Waals surface area (Å²) < 4.78 is 23.0. The summed E-state index contributed by atoms with van der Waals surface area (Å²) in [7, 11) is 0. The molecule has 33 heavy (non-hydrogen) atoms. The van der Waals surface area contributed by atoms with Gasteiger partial charge >= 0.3 is 17.9 Å². The highest BCUT2D eigenvalue weighted by Gasteiger charge is 2.69. The van der Waals surface area contributed by atoms with Crippen molar-refractivity contribution in [1.29, 1.82) is 0 Å². The van der Waals surface area contributed by atoms with Crippen LogP contribution in [0.15, 0.2) is 0 Å². The van der Waals surface area contributed by atoms with E-state index in [0.29, 0.717) is 52.2 Å². The monoisotopic (exact) mass is 463 g/mol. The Labute approximate surface area is 195 Å². The zero-order valence-electron chi connectivity index (χ0n) is 19.7. The van der Waals surface area contributed by atoms with E-state index in [1.807, 2.05) is 4.90 Å². The fourth-order valence-electron chi connectivity index (χ4n) is 7.22. The highest BCUT2D eigenvalue weighted by Crippen LogP contribution is 2.63. The molecule has 0 N–H and O–H groups in total. The van der Waals surface area contributed by atoms with Crippen LogP contribution in [0.4, 0.5) is 0 Å². The average molecular weight is 464 g/mol. The number of nitrogens with zero attached hydrogens (tertiary/aromatic N) is 1. The second-order valence-corrected chi connectivity index (χ2v) is 10.7. The van der Waals surface area contributed by atoms with Crippen molar-refractivity contribution in [3.8, 4) is 0 Å². The first kappa shape index (κ1) is 23.1. The van der Waals surface area contributed by atoms with E-state index >= 15 is 0 Å². The fraction of sp³-hybridized carbons (Fsp3) is 0.880. The maximum Gasteiger partial charge on any atom is 0.320 e. The first-order valence-corrected chi connectivity index (χ1v) is 12.9. The van der Waals surface area contributed by atoms with Crippen molar-refractivity contribution < 1.29 is 33.3 Å². The molecule has 2 bridgehead atoms. The van der Waals surface area contributed by atoms with Crippen LogP contribution in [0.3, 0.4) is 0 Å². The Bertz CT molecular complexity index is 773. The van der Waals surface area contributed by atoms with E-state index in [0.717, 1.165) is 32.1 Å². The SMILES string of the molecule is CCC1(OC(=O)C2C(OC(=O)CN3CCOCC3)C3CC2C2(CCOC2=O)C3)CCCCC1. The fourth-order valence-corrected chi connectivity index (χ4v) is 7.22. The molecule has 2 heterocycles. The molecule has 5 aliphatic rings. The molecule has 8 nitrogen and oxygen atoms in total. The number of carbonyl (C=O) groups is 3. The van der Waals surface area contributed by atoms with Gasteiger partial charge in [0.25, 0.3) is 0 Å². The summed E-state index contributed by atoms with van der Waals surface area (Å²) in [6, 6.07) is 0. The van der Waals surface area contributed by atoms with Crippen LogP contribution in [0, 0.1) is 23.2 Å². The molecule has 2 aliphatic heterocycles. The van der Waals surface area contributed by atoms with Crippen molar-refractivity contribution in [2.75, 3.05) is 39.5 Å². The first-order chi connectivity index (χ1) is 16.0. The molecule has 2 saturated heterocycles. The van der Waals surface area contributed by atoms with Gasteiger partial charge in [0.2, 0.25) is 0 Å². The second kappa shape index (κ2) is 9.17. The largest absolute Gasteiger partial charge is 0.465 e. The molecule has 0 aromatic carbocycles. The van der Waals surface area contributed by atoms with Crippen LogP contribution in [0.1, 0.15) is 64.7 Å². The van der Waals surface area contributed by atoms with Crippen LogP contribution in [0.25, 0.3) is 0 Å².